The van der Waals surface area contributed by atoms with E-state index in [4.69, 9.17) is 5.90 Å². The number of unbranched alkanes of at least 4 members (excludes halogenated alkanes) is 2. The van der Waals surface area contributed by atoms with Crippen molar-refractivity contribution in [2.24, 2.45) is 5.90 Å². The lowest BCUT2D eigenvalue weighted by Gasteiger charge is -2.05. The number of para-hydroxylation sites is 2. The van der Waals surface area contributed by atoms with E-state index >= 15 is 0 Å². The molecular weight excluding hydrogens is 250 g/mol. The van der Waals surface area contributed by atoms with Crippen molar-refractivity contribution in [3.05, 3.63) is 34.4 Å². The molecule has 104 valence electrons. The maximum atomic E-state index is 11.6. The molecule has 0 heterocycles. The van der Waals surface area contributed by atoms with Crippen LogP contribution in [0.25, 0.3) is 0 Å². The number of amides is 1. The van der Waals surface area contributed by atoms with E-state index in [0.29, 0.717) is 19.4 Å². The quantitative estimate of drug-likeness (QED) is 0.425. The van der Waals surface area contributed by atoms with E-state index in [0.717, 1.165) is 12.8 Å². The van der Waals surface area contributed by atoms with Crippen molar-refractivity contribution in [3.8, 4) is 0 Å². The Morgan fingerprint density at radius 1 is 1.32 bits per heavy atom. The van der Waals surface area contributed by atoms with Gasteiger partial charge in [-0.05, 0) is 18.9 Å². The molecule has 1 rings (SSSR count). The highest BCUT2D eigenvalue weighted by atomic mass is 16.6. The van der Waals surface area contributed by atoms with Crippen LogP contribution in [0, 0.1) is 10.1 Å². The highest BCUT2D eigenvalue weighted by Gasteiger charge is 2.14. The molecule has 0 spiro atoms. The monoisotopic (exact) mass is 267 g/mol. The summed E-state index contributed by atoms with van der Waals surface area (Å²) in [5.41, 5.74) is 0.121. The molecule has 1 amide bonds. The summed E-state index contributed by atoms with van der Waals surface area (Å²) >= 11 is 0. The third-order valence-corrected chi connectivity index (χ3v) is 2.54. The summed E-state index contributed by atoms with van der Waals surface area (Å²) in [6.45, 7) is 0.464. The largest absolute Gasteiger partial charge is 0.320 e. The molecule has 0 atom stereocenters. The zero-order chi connectivity index (χ0) is 14.1. The molecule has 3 N–H and O–H groups in total. The molecule has 19 heavy (non-hydrogen) atoms. The number of nitrogens with one attached hydrogen (secondary N) is 1. The fourth-order valence-electron chi connectivity index (χ4n) is 1.60. The second-order valence-corrected chi connectivity index (χ2v) is 4.00. The Labute approximate surface area is 110 Å². The Bertz CT molecular complexity index is 437. The SMILES string of the molecule is NOCCCCCC(=O)Nc1ccccc1[N+](=O)[O-]. The number of nitro benzene ring substituents is 1. The molecule has 0 saturated carbocycles. The molecule has 1 aromatic carbocycles. The smallest absolute Gasteiger partial charge is 0.292 e. The first-order chi connectivity index (χ1) is 9.15. The van der Waals surface area contributed by atoms with Crippen LogP contribution >= 0.6 is 0 Å². The highest BCUT2D eigenvalue weighted by Crippen LogP contribution is 2.23. The Morgan fingerprint density at radius 3 is 2.74 bits per heavy atom. The van der Waals surface area contributed by atoms with Crippen LogP contribution < -0.4 is 11.2 Å². The van der Waals surface area contributed by atoms with Crippen LogP contribution in [0.5, 0.6) is 0 Å². The maximum absolute atomic E-state index is 11.6. The van der Waals surface area contributed by atoms with E-state index in [9.17, 15) is 14.9 Å². The van der Waals surface area contributed by atoms with Gasteiger partial charge in [0.05, 0.1) is 11.5 Å². The van der Waals surface area contributed by atoms with E-state index in [1.54, 1.807) is 12.1 Å². The normalized spacial score (nSPS) is 10.2. The van der Waals surface area contributed by atoms with Crippen molar-refractivity contribution >= 4 is 17.3 Å². The van der Waals surface area contributed by atoms with E-state index in [2.05, 4.69) is 10.2 Å². The first-order valence-electron chi connectivity index (χ1n) is 6.00. The number of carbonyl (C=O) groups excluding carboxylic acids is 1. The number of nitrogens with zero attached hydrogens (tertiary/aromatic N) is 1. The topological polar surface area (TPSA) is 107 Å². The third-order valence-electron chi connectivity index (χ3n) is 2.54. The number of hydrogen-bond acceptors (Lipinski definition) is 5. The molecule has 0 aliphatic carbocycles. The standard InChI is InChI=1S/C12H17N3O4/c13-19-9-5-1-2-8-12(16)14-10-6-3-4-7-11(10)15(17)18/h3-4,6-7H,1-2,5,8-9,13H2,(H,14,16). The number of rotatable bonds is 8. The molecule has 7 nitrogen and oxygen atoms in total. The van der Waals surface area contributed by atoms with Gasteiger partial charge < -0.3 is 10.2 Å². The van der Waals surface area contributed by atoms with Crippen molar-refractivity contribution in [2.75, 3.05) is 11.9 Å². The Morgan fingerprint density at radius 2 is 2.05 bits per heavy atom. The molecule has 0 saturated heterocycles. The molecule has 0 radical (unpaired) electrons. The van der Waals surface area contributed by atoms with Gasteiger partial charge in [-0.3, -0.25) is 14.9 Å². The van der Waals surface area contributed by atoms with Crippen LogP contribution in [0.15, 0.2) is 24.3 Å². The summed E-state index contributed by atoms with van der Waals surface area (Å²) < 4.78 is 0. The van der Waals surface area contributed by atoms with Crippen molar-refractivity contribution in [3.63, 3.8) is 0 Å². The third kappa shape index (κ3) is 5.45. The van der Waals surface area contributed by atoms with Crippen molar-refractivity contribution in [2.45, 2.75) is 25.7 Å². The average Bonchev–Trinajstić information content (AvgIpc) is 2.39. The lowest BCUT2D eigenvalue weighted by atomic mass is 10.2. The molecular formula is C12H17N3O4. The molecule has 0 unspecified atom stereocenters. The minimum absolute atomic E-state index is 0.104. The molecule has 0 aliphatic heterocycles. The van der Waals surface area contributed by atoms with Gasteiger partial charge in [0, 0.05) is 12.5 Å². The van der Waals surface area contributed by atoms with Crippen molar-refractivity contribution in [1.29, 1.82) is 0 Å². The fraction of sp³-hybridized carbons (Fsp3) is 0.417. The van der Waals surface area contributed by atoms with Crippen LogP contribution in [0.2, 0.25) is 0 Å². The van der Waals surface area contributed by atoms with Gasteiger partial charge in [0.1, 0.15) is 5.69 Å². The summed E-state index contributed by atoms with van der Waals surface area (Å²) in [4.78, 5) is 26.3. The lowest BCUT2D eigenvalue weighted by molar-refractivity contribution is -0.383. The summed E-state index contributed by atoms with van der Waals surface area (Å²) in [7, 11) is 0. The number of hydrogen-bond donors (Lipinski definition) is 2. The van der Waals surface area contributed by atoms with E-state index in [-0.39, 0.29) is 17.3 Å². The van der Waals surface area contributed by atoms with Gasteiger partial charge >= 0.3 is 0 Å². The average molecular weight is 267 g/mol. The number of carbonyl (C=O) groups is 1. The molecule has 0 aliphatic rings. The van der Waals surface area contributed by atoms with Crippen molar-refractivity contribution in [1.82, 2.24) is 0 Å². The molecule has 7 heteroatoms. The van der Waals surface area contributed by atoms with Crippen LogP contribution in [0.4, 0.5) is 11.4 Å². The Balaban J connectivity index is 2.42. The summed E-state index contributed by atoms with van der Waals surface area (Å²) in [6, 6.07) is 6.06. The fourth-order valence-corrected chi connectivity index (χ4v) is 1.60. The number of benzene rings is 1. The number of nitro groups is 1. The van der Waals surface area contributed by atoms with Crippen LogP contribution in [0.3, 0.4) is 0 Å². The van der Waals surface area contributed by atoms with Gasteiger partial charge in [0.2, 0.25) is 5.91 Å². The Kier molecular flexibility index (Phi) is 6.48. The summed E-state index contributed by atoms with van der Waals surface area (Å²) in [5.74, 6) is 4.64. The predicted octanol–water partition coefficient (Wildman–Crippen LogP) is 1.98. The highest BCUT2D eigenvalue weighted by molar-refractivity contribution is 5.92. The van der Waals surface area contributed by atoms with Crippen LogP contribution in [0.1, 0.15) is 25.7 Å². The van der Waals surface area contributed by atoms with E-state index in [1.807, 2.05) is 0 Å². The maximum Gasteiger partial charge on any atom is 0.292 e. The van der Waals surface area contributed by atoms with Gasteiger partial charge in [-0.25, -0.2) is 5.90 Å². The minimum Gasteiger partial charge on any atom is -0.320 e. The molecule has 0 aromatic heterocycles. The number of anilines is 1. The second kappa shape index (κ2) is 8.17. The zero-order valence-electron chi connectivity index (χ0n) is 10.5. The zero-order valence-corrected chi connectivity index (χ0v) is 10.5. The van der Waals surface area contributed by atoms with Crippen LogP contribution in [-0.4, -0.2) is 17.4 Å². The first-order valence-corrected chi connectivity index (χ1v) is 6.00. The molecule has 0 fully saturated rings. The number of nitrogens with two attached hydrogens (primary N) is 1. The molecule has 1 aromatic rings. The van der Waals surface area contributed by atoms with Gasteiger partial charge in [-0.2, -0.15) is 0 Å². The first kappa shape index (κ1) is 15.1. The van der Waals surface area contributed by atoms with Gasteiger partial charge in [-0.15, -0.1) is 0 Å². The molecule has 0 bridgehead atoms. The van der Waals surface area contributed by atoms with Gasteiger partial charge in [-0.1, -0.05) is 18.6 Å². The van der Waals surface area contributed by atoms with Gasteiger partial charge in [0.15, 0.2) is 0 Å². The minimum atomic E-state index is -0.520. The van der Waals surface area contributed by atoms with E-state index in [1.165, 1.54) is 12.1 Å². The second-order valence-electron chi connectivity index (χ2n) is 4.00. The predicted molar refractivity (Wildman–Crippen MR) is 70.3 cm³/mol. The van der Waals surface area contributed by atoms with Gasteiger partial charge in [0.25, 0.3) is 5.69 Å². The van der Waals surface area contributed by atoms with E-state index < -0.39 is 4.92 Å². The summed E-state index contributed by atoms with van der Waals surface area (Å²) in [6.07, 6.45) is 2.61. The lowest BCUT2D eigenvalue weighted by Crippen LogP contribution is -2.12. The Hall–Kier alpha value is -1.99. The summed E-state index contributed by atoms with van der Waals surface area (Å²) in [5, 5.41) is 13.3. The van der Waals surface area contributed by atoms with Crippen LogP contribution in [-0.2, 0) is 9.63 Å². The van der Waals surface area contributed by atoms with Crippen molar-refractivity contribution < 1.29 is 14.6 Å².